The lowest BCUT2D eigenvalue weighted by Gasteiger charge is -2.28. The summed E-state index contributed by atoms with van der Waals surface area (Å²) in [6, 6.07) is 8.81. The van der Waals surface area contributed by atoms with Gasteiger partial charge < -0.3 is 20.5 Å². The molecule has 140 valence electrons. The maximum Gasteiger partial charge on any atom is 0.161 e. The highest BCUT2D eigenvalue weighted by molar-refractivity contribution is 7.90. The molecule has 1 saturated heterocycles. The molecule has 0 bridgehead atoms. The Balaban J connectivity index is 1.99. The number of aliphatic hydroxyl groups excluding tert-OH is 1. The minimum absolute atomic E-state index is 0.241. The zero-order valence-corrected chi connectivity index (χ0v) is 15.2. The summed E-state index contributed by atoms with van der Waals surface area (Å²) in [6.07, 6.45) is 0. The van der Waals surface area contributed by atoms with Gasteiger partial charge in [-0.3, -0.25) is 0 Å². The van der Waals surface area contributed by atoms with Crippen molar-refractivity contribution in [1.29, 1.82) is 0 Å². The molecular weight excluding hydrogens is 356 g/mol. The van der Waals surface area contributed by atoms with Crippen LogP contribution in [-0.2, 0) is 20.3 Å². The van der Waals surface area contributed by atoms with E-state index in [-0.39, 0.29) is 11.5 Å². The number of hydrogen-bond acceptors (Lipinski definition) is 8. The van der Waals surface area contributed by atoms with Crippen LogP contribution < -0.4 is 10.6 Å². The van der Waals surface area contributed by atoms with Crippen LogP contribution in [0.25, 0.3) is 11.4 Å². The molecule has 0 radical (unpaired) electrons. The Morgan fingerprint density at radius 3 is 2.50 bits per heavy atom. The third-order valence-electron chi connectivity index (χ3n) is 4.04. The highest BCUT2D eigenvalue weighted by Gasteiger charge is 2.19. The summed E-state index contributed by atoms with van der Waals surface area (Å²) in [5.41, 5.74) is 7.52. The van der Waals surface area contributed by atoms with Crippen molar-refractivity contribution in [1.82, 2.24) is 9.97 Å². The van der Waals surface area contributed by atoms with E-state index in [4.69, 9.17) is 15.6 Å². The Hall–Kier alpha value is -2.23. The Bertz CT molecular complexity index is 850. The molecule has 1 aliphatic heterocycles. The van der Waals surface area contributed by atoms with Crippen LogP contribution in [0.5, 0.6) is 0 Å². The van der Waals surface area contributed by atoms with Crippen molar-refractivity contribution in [3.05, 3.63) is 36.0 Å². The summed E-state index contributed by atoms with van der Waals surface area (Å²) < 4.78 is 29.6. The van der Waals surface area contributed by atoms with Crippen LogP contribution >= 0.6 is 0 Å². The van der Waals surface area contributed by atoms with E-state index in [1.807, 2.05) is 4.90 Å². The van der Waals surface area contributed by atoms with E-state index in [1.54, 1.807) is 30.3 Å². The summed E-state index contributed by atoms with van der Waals surface area (Å²) in [6.45, 7) is 2.15. The quantitative estimate of drug-likeness (QED) is 0.696. The largest absolute Gasteiger partial charge is 0.399 e. The second-order valence-electron chi connectivity index (χ2n) is 6.08. The van der Waals surface area contributed by atoms with Gasteiger partial charge in [0.15, 0.2) is 15.7 Å². The number of sulfone groups is 1. The second kappa shape index (κ2) is 7.98. The van der Waals surface area contributed by atoms with Crippen LogP contribution in [0.4, 0.5) is 11.5 Å². The number of nitrogen functional groups attached to an aromatic ring is 1. The van der Waals surface area contributed by atoms with Gasteiger partial charge in [0, 0.05) is 30.4 Å². The molecule has 26 heavy (non-hydrogen) atoms. The molecule has 0 aliphatic carbocycles. The molecule has 8 nitrogen and oxygen atoms in total. The van der Waals surface area contributed by atoms with Gasteiger partial charge in [0.05, 0.1) is 37.0 Å². The fourth-order valence-electron chi connectivity index (χ4n) is 2.71. The van der Waals surface area contributed by atoms with Crippen LogP contribution in [0.2, 0.25) is 0 Å². The third-order valence-corrected chi connectivity index (χ3v) is 5.58. The highest BCUT2D eigenvalue weighted by atomic mass is 32.2. The van der Waals surface area contributed by atoms with Crippen molar-refractivity contribution in [2.75, 3.05) is 49.3 Å². The van der Waals surface area contributed by atoms with Crippen LogP contribution in [0.1, 0.15) is 5.69 Å². The van der Waals surface area contributed by atoms with Crippen LogP contribution in [-0.4, -0.2) is 62.2 Å². The average molecular weight is 378 g/mol. The number of rotatable bonds is 6. The Kier molecular flexibility index (Phi) is 5.70. The molecule has 0 atom stereocenters. The van der Waals surface area contributed by atoms with Gasteiger partial charge in [-0.05, 0) is 24.3 Å². The summed E-state index contributed by atoms with van der Waals surface area (Å²) in [5.74, 6) is 0.587. The molecule has 0 amide bonds. The van der Waals surface area contributed by atoms with Gasteiger partial charge >= 0.3 is 0 Å². The molecule has 1 aromatic carbocycles. The molecular formula is C17H22N4O4S. The SMILES string of the molecule is Nc1ccc(-c2nc(CS(=O)(=O)CCO)cc(N3CCOCC3)n2)cc1. The first-order chi connectivity index (χ1) is 12.5. The molecule has 3 rings (SSSR count). The number of aliphatic hydroxyl groups is 1. The van der Waals surface area contributed by atoms with E-state index in [0.29, 0.717) is 49.3 Å². The monoisotopic (exact) mass is 378 g/mol. The molecule has 1 fully saturated rings. The van der Waals surface area contributed by atoms with E-state index in [1.165, 1.54) is 0 Å². The summed E-state index contributed by atoms with van der Waals surface area (Å²) in [4.78, 5) is 11.1. The summed E-state index contributed by atoms with van der Waals surface area (Å²) in [5, 5.41) is 8.95. The minimum Gasteiger partial charge on any atom is -0.399 e. The minimum atomic E-state index is -3.44. The number of nitrogens with two attached hydrogens (primary N) is 1. The second-order valence-corrected chi connectivity index (χ2v) is 8.26. The normalized spacial score (nSPS) is 15.2. The molecule has 9 heteroatoms. The standard InChI is InChI=1S/C17H22N4O4S/c18-14-3-1-13(2-4-14)17-19-15(12-26(23,24)10-7-22)11-16(20-17)21-5-8-25-9-6-21/h1-4,11,22H,5-10,12,18H2. The number of nitrogens with zero attached hydrogens (tertiary/aromatic N) is 3. The maximum absolute atomic E-state index is 12.1. The lowest BCUT2D eigenvalue weighted by molar-refractivity contribution is 0.122. The number of hydrogen-bond donors (Lipinski definition) is 2. The third kappa shape index (κ3) is 4.69. The van der Waals surface area contributed by atoms with Gasteiger partial charge in [-0.2, -0.15) is 0 Å². The molecule has 2 heterocycles. The maximum atomic E-state index is 12.1. The fraction of sp³-hybridized carbons (Fsp3) is 0.412. The molecule has 0 spiro atoms. The molecule has 0 unspecified atom stereocenters. The van der Waals surface area contributed by atoms with Crippen molar-refractivity contribution < 1.29 is 18.3 Å². The molecule has 3 N–H and O–H groups in total. The van der Waals surface area contributed by atoms with Crippen LogP contribution in [0.15, 0.2) is 30.3 Å². The number of morpholine rings is 1. The van der Waals surface area contributed by atoms with Gasteiger partial charge in [-0.15, -0.1) is 0 Å². The summed E-state index contributed by atoms with van der Waals surface area (Å²) >= 11 is 0. The molecule has 1 aliphatic rings. The molecule has 1 aromatic heterocycles. The first kappa shape index (κ1) is 18.6. The first-order valence-corrected chi connectivity index (χ1v) is 10.2. The first-order valence-electron chi connectivity index (χ1n) is 8.35. The fourth-order valence-corrected chi connectivity index (χ4v) is 3.73. The van der Waals surface area contributed by atoms with Gasteiger partial charge in [0.1, 0.15) is 5.82 Å². The van der Waals surface area contributed by atoms with E-state index in [2.05, 4.69) is 9.97 Å². The van der Waals surface area contributed by atoms with Crippen molar-refractivity contribution in [2.45, 2.75) is 5.75 Å². The zero-order valence-electron chi connectivity index (χ0n) is 14.3. The molecule has 0 saturated carbocycles. The van der Waals surface area contributed by atoms with Gasteiger partial charge in [-0.1, -0.05) is 0 Å². The number of ether oxygens (including phenoxy) is 1. The highest BCUT2D eigenvalue weighted by Crippen LogP contribution is 2.23. The Morgan fingerprint density at radius 1 is 1.15 bits per heavy atom. The Labute approximate surface area is 152 Å². The van der Waals surface area contributed by atoms with E-state index >= 15 is 0 Å². The lowest BCUT2D eigenvalue weighted by atomic mass is 10.2. The van der Waals surface area contributed by atoms with E-state index in [9.17, 15) is 8.42 Å². The predicted octanol–water partition coefficient (Wildman–Crippen LogP) is 0.469. The number of anilines is 2. The van der Waals surface area contributed by atoms with Crippen LogP contribution in [0.3, 0.4) is 0 Å². The smallest absolute Gasteiger partial charge is 0.161 e. The van der Waals surface area contributed by atoms with Gasteiger partial charge in [0.25, 0.3) is 0 Å². The lowest BCUT2D eigenvalue weighted by Crippen LogP contribution is -2.37. The van der Waals surface area contributed by atoms with Crippen molar-refractivity contribution >= 4 is 21.3 Å². The van der Waals surface area contributed by atoms with Crippen molar-refractivity contribution in [3.8, 4) is 11.4 Å². The molecule has 2 aromatic rings. The van der Waals surface area contributed by atoms with Crippen LogP contribution in [0, 0.1) is 0 Å². The van der Waals surface area contributed by atoms with E-state index in [0.717, 1.165) is 5.56 Å². The summed E-state index contributed by atoms with van der Waals surface area (Å²) in [7, 11) is -3.44. The predicted molar refractivity (Wildman–Crippen MR) is 99.5 cm³/mol. The number of aromatic nitrogens is 2. The average Bonchev–Trinajstić information content (AvgIpc) is 2.62. The topological polar surface area (TPSA) is 119 Å². The number of benzene rings is 1. The Morgan fingerprint density at radius 2 is 1.85 bits per heavy atom. The van der Waals surface area contributed by atoms with Crippen molar-refractivity contribution in [3.63, 3.8) is 0 Å². The zero-order chi connectivity index (χ0) is 18.6. The van der Waals surface area contributed by atoms with E-state index < -0.39 is 16.4 Å². The van der Waals surface area contributed by atoms with Crippen molar-refractivity contribution in [2.24, 2.45) is 0 Å². The van der Waals surface area contributed by atoms with Gasteiger partial charge in [0.2, 0.25) is 0 Å². The van der Waals surface area contributed by atoms with Gasteiger partial charge in [-0.25, -0.2) is 18.4 Å².